The first-order chi connectivity index (χ1) is 8.79. The lowest BCUT2D eigenvalue weighted by molar-refractivity contribution is -0.135. The van der Waals surface area contributed by atoms with Crippen LogP contribution >= 0.6 is 11.8 Å². The fourth-order valence-electron chi connectivity index (χ4n) is 2.69. The van der Waals surface area contributed by atoms with Crippen molar-refractivity contribution < 1.29 is 9.53 Å². The third kappa shape index (κ3) is 4.14. The minimum absolute atomic E-state index is 0.0642. The number of thioether (sulfide) groups is 1. The average Bonchev–Trinajstić information content (AvgIpc) is 2.40. The summed E-state index contributed by atoms with van der Waals surface area (Å²) >= 11 is 2.02. The van der Waals surface area contributed by atoms with Crippen molar-refractivity contribution in [3.63, 3.8) is 0 Å². The van der Waals surface area contributed by atoms with Crippen LogP contribution < -0.4 is 10.6 Å². The highest BCUT2D eigenvalue weighted by Gasteiger charge is 2.27. The maximum absolute atomic E-state index is 12.0. The number of nitrogens with one attached hydrogen (secondary N) is 2. The number of hydrogen-bond acceptors (Lipinski definition) is 4. The smallest absolute Gasteiger partial charge is 0.250 e. The predicted octanol–water partition coefficient (Wildman–Crippen LogP) is 1.16. The maximum atomic E-state index is 12.0. The zero-order valence-corrected chi connectivity index (χ0v) is 11.9. The molecule has 0 spiro atoms. The predicted molar refractivity (Wildman–Crippen MR) is 74.9 cm³/mol. The number of ether oxygens (including phenoxy) is 1. The van der Waals surface area contributed by atoms with Gasteiger partial charge >= 0.3 is 0 Å². The topological polar surface area (TPSA) is 50.4 Å². The molecule has 2 aliphatic rings. The third-order valence-corrected chi connectivity index (χ3v) is 4.83. The lowest BCUT2D eigenvalue weighted by Gasteiger charge is -2.31. The van der Waals surface area contributed by atoms with Crippen LogP contribution in [0.2, 0.25) is 0 Å². The van der Waals surface area contributed by atoms with Gasteiger partial charge in [0.05, 0.1) is 6.61 Å². The minimum Gasteiger partial charge on any atom is -0.366 e. The van der Waals surface area contributed by atoms with Gasteiger partial charge in [-0.1, -0.05) is 13.3 Å². The lowest BCUT2D eigenvalue weighted by atomic mass is 9.95. The van der Waals surface area contributed by atoms with Crippen molar-refractivity contribution in [1.29, 1.82) is 0 Å². The average molecular weight is 272 g/mol. The SMILES string of the molecule is CCSC1CCCC(NC(=O)C2CNCCO2)C1. The van der Waals surface area contributed by atoms with Crippen LogP contribution in [0.25, 0.3) is 0 Å². The quantitative estimate of drug-likeness (QED) is 0.806. The molecule has 1 saturated heterocycles. The van der Waals surface area contributed by atoms with Gasteiger partial charge in [0.2, 0.25) is 0 Å². The zero-order chi connectivity index (χ0) is 12.8. The molecule has 3 atom stereocenters. The fourth-order valence-corrected chi connectivity index (χ4v) is 3.86. The van der Waals surface area contributed by atoms with Gasteiger partial charge in [-0.25, -0.2) is 0 Å². The third-order valence-electron chi connectivity index (χ3n) is 3.59. The first-order valence-corrected chi connectivity index (χ1v) is 8.08. The Morgan fingerprint density at radius 2 is 2.39 bits per heavy atom. The molecule has 1 aliphatic carbocycles. The summed E-state index contributed by atoms with van der Waals surface area (Å²) in [5.41, 5.74) is 0. The lowest BCUT2D eigenvalue weighted by Crippen LogP contribution is -2.51. The summed E-state index contributed by atoms with van der Waals surface area (Å²) in [5.74, 6) is 1.23. The Kier molecular flexibility index (Phi) is 5.79. The summed E-state index contributed by atoms with van der Waals surface area (Å²) in [6.07, 6.45) is 4.47. The molecule has 2 N–H and O–H groups in total. The molecule has 0 bridgehead atoms. The molecule has 18 heavy (non-hydrogen) atoms. The molecule has 104 valence electrons. The molecular formula is C13H24N2O2S. The van der Waals surface area contributed by atoms with Gasteiger partial charge in [-0.15, -0.1) is 0 Å². The standard InChI is InChI=1S/C13H24N2O2S/c1-2-18-11-5-3-4-10(8-11)15-13(16)12-9-14-6-7-17-12/h10-12,14H,2-9H2,1H3,(H,15,16). The molecule has 2 fully saturated rings. The number of amides is 1. The molecule has 3 unspecified atom stereocenters. The zero-order valence-electron chi connectivity index (χ0n) is 11.1. The van der Waals surface area contributed by atoms with E-state index in [0.29, 0.717) is 19.2 Å². The van der Waals surface area contributed by atoms with Crippen LogP contribution in [0.15, 0.2) is 0 Å². The normalized spacial score (nSPS) is 33.1. The number of hydrogen-bond donors (Lipinski definition) is 2. The minimum atomic E-state index is -0.294. The summed E-state index contributed by atoms with van der Waals surface area (Å²) in [6.45, 7) is 4.33. The Hall–Kier alpha value is -0.260. The monoisotopic (exact) mass is 272 g/mol. The van der Waals surface area contributed by atoms with E-state index in [1.165, 1.54) is 18.6 Å². The van der Waals surface area contributed by atoms with Crippen molar-refractivity contribution in [2.75, 3.05) is 25.4 Å². The summed E-state index contributed by atoms with van der Waals surface area (Å²) in [5, 5.41) is 7.07. The number of carbonyl (C=O) groups is 1. The molecule has 0 radical (unpaired) electrons. The van der Waals surface area contributed by atoms with Crippen LogP contribution in [0.1, 0.15) is 32.6 Å². The van der Waals surface area contributed by atoms with Crippen molar-refractivity contribution in [2.24, 2.45) is 0 Å². The van der Waals surface area contributed by atoms with E-state index < -0.39 is 0 Å². The van der Waals surface area contributed by atoms with Crippen LogP contribution in [-0.2, 0) is 9.53 Å². The van der Waals surface area contributed by atoms with Gasteiger partial charge in [0, 0.05) is 24.4 Å². The Balaban J connectivity index is 1.75. The Morgan fingerprint density at radius 1 is 1.50 bits per heavy atom. The van der Waals surface area contributed by atoms with Gasteiger partial charge < -0.3 is 15.4 Å². The molecule has 1 aliphatic heterocycles. The largest absolute Gasteiger partial charge is 0.366 e. The Labute approximate surface area is 114 Å². The van der Waals surface area contributed by atoms with Gasteiger partial charge in [0.1, 0.15) is 6.10 Å². The van der Waals surface area contributed by atoms with Crippen molar-refractivity contribution in [3.05, 3.63) is 0 Å². The van der Waals surface area contributed by atoms with E-state index in [2.05, 4.69) is 17.6 Å². The summed E-state index contributed by atoms with van der Waals surface area (Å²) in [4.78, 5) is 12.0. The highest BCUT2D eigenvalue weighted by molar-refractivity contribution is 7.99. The second-order valence-corrected chi connectivity index (χ2v) is 6.59. The van der Waals surface area contributed by atoms with E-state index in [1.807, 2.05) is 11.8 Å². The van der Waals surface area contributed by atoms with Gasteiger partial charge in [-0.2, -0.15) is 11.8 Å². The Morgan fingerprint density at radius 3 is 3.11 bits per heavy atom. The summed E-state index contributed by atoms with van der Waals surface area (Å²) in [7, 11) is 0. The van der Waals surface area contributed by atoms with Crippen molar-refractivity contribution >= 4 is 17.7 Å². The van der Waals surface area contributed by atoms with Crippen LogP contribution in [-0.4, -0.2) is 48.8 Å². The van der Waals surface area contributed by atoms with Crippen LogP contribution in [0.4, 0.5) is 0 Å². The van der Waals surface area contributed by atoms with E-state index in [-0.39, 0.29) is 12.0 Å². The second kappa shape index (κ2) is 7.36. The number of morpholine rings is 1. The molecular weight excluding hydrogens is 248 g/mol. The van der Waals surface area contributed by atoms with E-state index in [9.17, 15) is 4.79 Å². The fraction of sp³-hybridized carbons (Fsp3) is 0.923. The van der Waals surface area contributed by atoms with Crippen LogP contribution in [0.5, 0.6) is 0 Å². The molecule has 0 aromatic carbocycles. The first-order valence-electron chi connectivity index (χ1n) is 7.04. The highest BCUT2D eigenvalue weighted by atomic mass is 32.2. The number of rotatable bonds is 4. The molecule has 2 rings (SSSR count). The van der Waals surface area contributed by atoms with E-state index in [0.717, 1.165) is 24.6 Å². The van der Waals surface area contributed by atoms with E-state index >= 15 is 0 Å². The van der Waals surface area contributed by atoms with Crippen molar-refractivity contribution in [2.45, 2.75) is 50.0 Å². The summed E-state index contributed by atoms with van der Waals surface area (Å²) < 4.78 is 5.48. The Bertz CT molecular complexity index is 268. The number of carbonyl (C=O) groups excluding carboxylic acids is 1. The van der Waals surface area contributed by atoms with E-state index in [1.54, 1.807) is 0 Å². The van der Waals surface area contributed by atoms with Crippen molar-refractivity contribution in [3.8, 4) is 0 Å². The van der Waals surface area contributed by atoms with Crippen LogP contribution in [0, 0.1) is 0 Å². The van der Waals surface area contributed by atoms with Crippen molar-refractivity contribution in [1.82, 2.24) is 10.6 Å². The summed E-state index contributed by atoms with van der Waals surface area (Å²) in [6, 6.07) is 0.348. The second-order valence-electron chi connectivity index (χ2n) is 5.01. The van der Waals surface area contributed by atoms with E-state index in [4.69, 9.17) is 4.74 Å². The molecule has 1 heterocycles. The van der Waals surface area contributed by atoms with Gasteiger partial charge in [-0.05, 0) is 25.0 Å². The molecule has 0 aromatic rings. The maximum Gasteiger partial charge on any atom is 0.250 e. The molecule has 0 aromatic heterocycles. The molecule has 1 amide bonds. The first kappa shape index (κ1) is 14.2. The highest BCUT2D eigenvalue weighted by Crippen LogP contribution is 2.28. The van der Waals surface area contributed by atoms with Crippen LogP contribution in [0.3, 0.4) is 0 Å². The van der Waals surface area contributed by atoms with Gasteiger partial charge in [0.15, 0.2) is 0 Å². The molecule has 4 nitrogen and oxygen atoms in total. The van der Waals surface area contributed by atoms with Gasteiger partial charge in [0.25, 0.3) is 5.91 Å². The molecule has 1 saturated carbocycles. The molecule has 5 heteroatoms. The van der Waals surface area contributed by atoms with Gasteiger partial charge in [-0.3, -0.25) is 4.79 Å².